The van der Waals surface area contributed by atoms with Crippen LogP contribution in [0.15, 0.2) is 18.2 Å². The summed E-state index contributed by atoms with van der Waals surface area (Å²) in [6, 6.07) is 4.39. The molecule has 17 heavy (non-hydrogen) atoms. The number of pyridine rings is 1. The van der Waals surface area contributed by atoms with Gasteiger partial charge in [0.2, 0.25) is 0 Å². The van der Waals surface area contributed by atoms with Crippen LogP contribution in [0.25, 0.3) is 0 Å². The summed E-state index contributed by atoms with van der Waals surface area (Å²) in [6.45, 7) is 0. The van der Waals surface area contributed by atoms with E-state index in [0.717, 1.165) is 0 Å². The number of rotatable bonds is 0. The smallest absolute Gasteiger partial charge is 0.485 e. The van der Waals surface area contributed by atoms with Gasteiger partial charge in [-0.1, -0.05) is 0 Å². The molecule has 0 radical (unpaired) electrons. The largest absolute Gasteiger partial charge is 0.741 e. The van der Waals surface area contributed by atoms with Gasteiger partial charge in [0.25, 0.3) is 0 Å². The minimum atomic E-state index is -6.09. The van der Waals surface area contributed by atoms with Gasteiger partial charge in [0.05, 0.1) is 9.27 Å². The van der Waals surface area contributed by atoms with Crippen LogP contribution in [0.4, 0.5) is 17.7 Å². The van der Waals surface area contributed by atoms with E-state index in [2.05, 4.69) is 0 Å². The van der Waals surface area contributed by atoms with Crippen molar-refractivity contribution in [2.24, 2.45) is 0 Å². The zero-order chi connectivity index (χ0) is 13.9. The Labute approximate surface area is 103 Å². The number of halogens is 6. The highest BCUT2D eigenvalue weighted by molar-refractivity contribution is 7.86. The van der Waals surface area contributed by atoms with E-state index >= 15 is 0 Å². The second-order valence-electron chi connectivity index (χ2n) is 2.35. The SMILES string of the molecule is F[n+]1c(Cl)cccc1Cl.O=S(=O)([O-])C(F)(F)F. The average Bonchev–Trinajstić information content (AvgIpc) is 2.12. The van der Waals surface area contributed by atoms with Crippen LogP contribution in [0.3, 0.4) is 0 Å². The van der Waals surface area contributed by atoms with E-state index < -0.39 is 15.6 Å². The summed E-state index contributed by atoms with van der Waals surface area (Å²) in [7, 11) is -6.09. The molecule has 1 heterocycles. The van der Waals surface area contributed by atoms with E-state index in [4.69, 9.17) is 36.2 Å². The Hall–Kier alpha value is -0.640. The normalized spacial score (nSPS) is 11.7. The van der Waals surface area contributed by atoms with Crippen LogP contribution in [0.2, 0.25) is 10.3 Å². The number of hydrogen-bond donors (Lipinski definition) is 0. The third-order valence-corrected chi connectivity index (χ3v) is 2.24. The van der Waals surface area contributed by atoms with Gasteiger partial charge in [-0.25, -0.2) is 8.42 Å². The Kier molecular flexibility index (Phi) is 5.59. The molecule has 4 nitrogen and oxygen atoms in total. The third kappa shape index (κ3) is 5.48. The summed E-state index contributed by atoms with van der Waals surface area (Å²) in [5.41, 5.74) is -5.65. The highest BCUT2D eigenvalue weighted by Gasteiger charge is 2.36. The highest BCUT2D eigenvalue weighted by Crippen LogP contribution is 2.20. The number of nitrogens with zero attached hydrogens (tertiary/aromatic N) is 1. The van der Waals surface area contributed by atoms with Crippen molar-refractivity contribution in [3.63, 3.8) is 0 Å². The molecule has 98 valence electrons. The average molecular weight is 316 g/mol. The number of alkyl halides is 3. The molecule has 0 aliphatic carbocycles. The molecule has 0 unspecified atom stereocenters. The van der Waals surface area contributed by atoms with Gasteiger partial charge in [0, 0.05) is 12.1 Å². The van der Waals surface area contributed by atoms with Crippen LogP contribution in [0.5, 0.6) is 0 Å². The molecule has 0 atom stereocenters. The molecule has 0 spiro atoms. The van der Waals surface area contributed by atoms with Crippen molar-refractivity contribution in [1.82, 2.24) is 0 Å². The first-order valence-corrected chi connectivity index (χ1v) is 5.67. The maximum atomic E-state index is 12.4. The molecule has 0 bridgehead atoms. The summed E-state index contributed by atoms with van der Waals surface area (Å²) in [5, 5.41) is -0.0509. The quantitative estimate of drug-likeness (QED) is 0.319. The number of hydrogen-bond acceptors (Lipinski definition) is 3. The van der Waals surface area contributed by atoms with Crippen LogP contribution < -0.4 is 4.79 Å². The fourth-order valence-electron chi connectivity index (χ4n) is 0.440. The van der Waals surface area contributed by atoms with Crippen molar-refractivity contribution in [2.45, 2.75) is 5.51 Å². The second kappa shape index (κ2) is 5.80. The van der Waals surface area contributed by atoms with Gasteiger partial charge in [0.15, 0.2) is 10.1 Å². The Morgan fingerprint density at radius 2 is 1.47 bits per heavy atom. The standard InChI is InChI=1S/C5H3Cl2FN.CHF3O3S/c6-4-2-1-3-5(7)9(4)8;2-1(3,4)8(5,6)7/h1-3H;(H,5,6,7)/q+1;/p-1. The van der Waals surface area contributed by atoms with Crippen LogP contribution in [-0.2, 0) is 10.1 Å². The molecule has 1 aromatic rings. The number of aromatic nitrogens is 1. The van der Waals surface area contributed by atoms with E-state index in [1.165, 1.54) is 12.1 Å². The second-order valence-corrected chi connectivity index (χ2v) is 4.50. The van der Waals surface area contributed by atoms with Crippen molar-refractivity contribution in [3.8, 4) is 0 Å². The van der Waals surface area contributed by atoms with Gasteiger partial charge in [-0.05, 0) is 29.3 Å². The van der Waals surface area contributed by atoms with Gasteiger partial charge < -0.3 is 4.55 Å². The Bertz CT molecular complexity index is 470. The van der Waals surface area contributed by atoms with Crippen molar-refractivity contribution in [1.29, 1.82) is 0 Å². The molecule has 0 saturated heterocycles. The highest BCUT2D eigenvalue weighted by atomic mass is 35.5. The Morgan fingerprint density at radius 3 is 1.65 bits per heavy atom. The summed E-state index contributed by atoms with van der Waals surface area (Å²) >= 11 is 10.6. The molecule has 0 saturated carbocycles. The van der Waals surface area contributed by atoms with Gasteiger partial charge in [-0.3, -0.25) is 0 Å². The fraction of sp³-hybridized carbons (Fsp3) is 0.167. The van der Waals surface area contributed by atoms with E-state index in [0.29, 0.717) is 0 Å². The first-order chi connectivity index (χ1) is 7.47. The molecule has 0 aliphatic heterocycles. The van der Waals surface area contributed by atoms with Crippen LogP contribution in [0.1, 0.15) is 0 Å². The zero-order valence-corrected chi connectivity index (χ0v) is 9.91. The minimum absolute atomic E-state index is 0.0255. The molecule has 11 heteroatoms. The van der Waals surface area contributed by atoms with Crippen molar-refractivity contribution < 1.29 is 35.4 Å². The molecule has 1 rings (SSSR count). The molecule has 1 aromatic heterocycles. The maximum Gasteiger partial charge on any atom is 0.485 e. The Morgan fingerprint density at radius 1 is 1.18 bits per heavy atom. The first-order valence-electron chi connectivity index (χ1n) is 3.51. The lowest BCUT2D eigenvalue weighted by atomic mass is 10.5. The summed E-state index contributed by atoms with van der Waals surface area (Å²) < 4.78 is 71.3. The molecule has 0 aliphatic rings. The van der Waals surface area contributed by atoms with E-state index in [9.17, 15) is 17.7 Å². The molecular formula is C6H3Cl2F4NO3S. The van der Waals surface area contributed by atoms with Crippen molar-refractivity contribution >= 4 is 33.3 Å². The fourth-order valence-corrected chi connectivity index (χ4v) is 0.811. The predicted octanol–water partition coefficient (Wildman–Crippen LogP) is 2.06. The molecule has 0 amide bonds. The molecule has 0 fully saturated rings. The van der Waals surface area contributed by atoms with Gasteiger partial charge >= 0.3 is 15.8 Å². The van der Waals surface area contributed by atoms with Crippen LogP contribution >= 0.6 is 23.2 Å². The molecule has 0 aromatic carbocycles. The lowest BCUT2D eigenvalue weighted by Gasteiger charge is -2.08. The summed E-state index contributed by atoms with van der Waals surface area (Å²) in [4.78, 5) is 0.198. The lowest BCUT2D eigenvalue weighted by Crippen LogP contribution is -2.24. The Balaban J connectivity index is 0.000000304. The van der Waals surface area contributed by atoms with Gasteiger partial charge in [-0.2, -0.15) is 13.2 Å². The van der Waals surface area contributed by atoms with Gasteiger partial charge in [0.1, 0.15) is 0 Å². The topological polar surface area (TPSA) is 61.1 Å². The van der Waals surface area contributed by atoms with Crippen LogP contribution in [0, 0.1) is 0 Å². The van der Waals surface area contributed by atoms with Crippen molar-refractivity contribution in [3.05, 3.63) is 28.5 Å². The van der Waals surface area contributed by atoms with E-state index in [1.807, 2.05) is 0 Å². The summed E-state index contributed by atoms with van der Waals surface area (Å²) in [6.07, 6.45) is 0. The van der Waals surface area contributed by atoms with E-state index in [1.54, 1.807) is 6.07 Å². The van der Waals surface area contributed by atoms with Gasteiger partial charge in [-0.15, -0.1) is 0 Å². The third-order valence-electron chi connectivity index (χ3n) is 1.13. The maximum absolute atomic E-state index is 12.4. The van der Waals surface area contributed by atoms with E-state index in [-0.39, 0.29) is 15.1 Å². The minimum Gasteiger partial charge on any atom is -0.741 e. The molecular weight excluding hydrogens is 313 g/mol. The summed E-state index contributed by atoms with van der Waals surface area (Å²) in [5.74, 6) is 0. The first kappa shape index (κ1) is 16.4. The zero-order valence-electron chi connectivity index (χ0n) is 7.58. The van der Waals surface area contributed by atoms with Crippen molar-refractivity contribution in [2.75, 3.05) is 0 Å². The molecule has 0 N–H and O–H groups in total. The van der Waals surface area contributed by atoms with Crippen LogP contribution in [-0.4, -0.2) is 18.5 Å². The monoisotopic (exact) mass is 315 g/mol. The predicted molar refractivity (Wildman–Crippen MR) is 48.9 cm³/mol. The lowest BCUT2D eigenvalue weighted by molar-refractivity contribution is -0.840.